The number of hydrogen-bond acceptors (Lipinski definition) is 6. The summed E-state index contributed by atoms with van der Waals surface area (Å²) in [6, 6.07) is 0. The van der Waals surface area contributed by atoms with Gasteiger partial charge in [-0.05, 0) is 39.5 Å². The van der Waals surface area contributed by atoms with Crippen molar-refractivity contribution in [2.24, 2.45) is 5.73 Å². The minimum absolute atomic E-state index is 0.0105. The molecule has 0 aliphatic heterocycles. The third kappa shape index (κ3) is 2.34. The normalized spacial score (nSPS) is 20.1. The first kappa shape index (κ1) is 15.4. The summed E-state index contributed by atoms with van der Waals surface area (Å²) in [5.41, 5.74) is 6.20. The van der Waals surface area contributed by atoms with Gasteiger partial charge in [0, 0.05) is 12.6 Å². The average molecular weight is 330 g/mol. The second-order valence-corrected chi connectivity index (χ2v) is 7.37. The Bertz CT molecular complexity index is 834. The Morgan fingerprint density at radius 3 is 2.58 bits per heavy atom. The van der Waals surface area contributed by atoms with Crippen LogP contribution in [0, 0.1) is 6.92 Å². The second-order valence-electron chi connectivity index (χ2n) is 7.37. The van der Waals surface area contributed by atoms with Crippen LogP contribution in [0.1, 0.15) is 54.5 Å². The van der Waals surface area contributed by atoms with Crippen molar-refractivity contribution in [1.29, 1.82) is 0 Å². The lowest BCUT2D eigenvalue weighted by Gasteiger charge is -2.17. The number of nitrogens with one attached hydrogen (secondary N) is 1. The van der Waals surface area contributed by atoms with Crippen molar-refractivity contribution >= 4 is 22.8 Å². The van der Waals surface area contributed by atoms with Crippen molar-refractivity contribution in [3.63, 3.8) is 0 Å². The molecule has 2 fully saturated rings. The molecular weight excluding hydrogens is 308 g/mol. The van der Waals surface area contributed by atoms with Crippen LogP contribution in [0.25, 0.3) is 11.1 Å². The predicted molar refractivity (Wildman–Crippen MR) is 89.1 cm³/mol. The van der Waals surface area contributed by atoms with Gasteiger partial charge in [0.1, 0.15) is 17.4 Å². The first-order valence-corrected chi connectivity index (χ1v) is 8.26. The summed E-state index contributed by atoms with van der Waals surface area (Å²) in [7, 11) is 1.69. The van der Waals surface area contributed by atoms with Gasteiger partial charge >= 0.3 is 0 Å². The molecule has 0 atom stereocenters. The number of ether oxygens (including phenoxy) is 1. The number of aromatic nitrogens is 2. The van der Waals surface area contributed by atoms with Gasteiger partial charge in [0.05, 0.1) is 23.0 Å². The summed E-state index contributed by atoms with van der Waals surface area (Å²) < 4.78 is 11.1. The molecule has 7 nitrogen and oxygen atoms in total. The quantitative estimate of drug-likeness (QED) is 0.842. The Morgan fingerprint density at radius 2 is 2.04 bits per heavy atom. The van der Waals surface area contributed by atoms with Gasteiger partial charge in [0.25, 0.3) is 5.91 Å². The zero-order valence-corrected chi connectivity index (χ0v) is 14.2. The van der Waals surface area contributed by atoms with Crippen molar-refractivity contribution < 1.29 is 13.9 Å². The molecule has 0 spiro atoms. The van der Waals surface area contributed by atoms with Gasteiger partial charge in [-0.25, -0.2) is 4.98 Å². The van der Waals surface area contributed by atoms with E-state index in [1.165, 1.54) is 0 Å². The highest BCUT2D eigenvalue weighted by Crippen LogP contribution is 2.48. The van der Waals surface area contributed by atoms with Gasteiger partial charge in [-0.15, -0.1) is 0 Å². The van der Waals surface area contributed by atoms with Gasteiger partial charge in [0.2, 0.25) is 5.71 Å². The van der Waals surface area contributed by atoms with Crippen molar-refractivity contribution in [2.75, 3.05) is 19.0 Å². The zero-order chi connectivity index (χ0) is 17.1. The minimum atomic E-state index is -0.523. The van der Waals surface area contributed by atoms with E-state index in [1.54, 1.807) is 14.0 Å². The predicted octanol–water partition coefficient (Wildman–Crippen LogP) is 2.27. The number of furan rings is 1. The molecule has 2 saturated carbocycles. The highest BCUT2D eigenvalue weighted by atomic mass is 16.5. The number of rotatable bonds is 6. The number of primary amides is 1. The maximum Gasteiger partial charge on any atom is 0.253 e. The first-order chi connectivity index (χ1) is 11.4. The van der Waals surface area contributed by atoms with E-state index in [2.05, 4.69) is 17.2 Å². The largest absolute Gasteiger partial charge is 0.442 e. The Morgan fingerprint density at radius 1 is 1.33 bits per heavy atom. The molecule has 0 saturated heterocycles. The second kappa shape index (κ2) is 4.92. The SMILES string of the molecule is COCC1(c2nc(NC3(C)CC3)c3c(C(N)=O)c(C)oc3n2)CC1. The third-order valence-corrected chi connectivity index (χ3v) is 5.14. The highest BCUT2D eigenvalue weighted by Gasteiger charge is 2.48. The summed E-state index contributed by atoms with van der Waals surface area (Å²) in [4.78, 5) is 21.2. The van der Waals surface area contributed by atoms with E-state index in [0.717, 1.165) is 25.7 Å². The van der Waals surface area contributed by atoms with Gasteiger partial charge in [0.15, 0.2) is 0 Å². The van der Waals surface area contributed by atoms with Crippen LogP contribution in [-0.2, 0) is 10.2 Å². The van der Waals surface area contributed by atoms with Crippen LogP contribution < -0.4 is 11.1 Å². The molecule has 128 valence electrons. The van der Waals surface area contributed by atoms with E-state index in [4.69, 9.17) is 19.9 Å². The topological polar surface area (TPSA) is 103 Å². The number of methoxy groups -OCH3 is 1. The van der Waals surface area contributed by atoms with Crippen LogP contribution in [0.4, 0.5) is 5.82 Å². The van der Waals surface area contributed by atoms with E-state index in [9.17, 15) is 4.79 Å². The minimum Gasteiger partial charge on any atom is -0.442 e. The smallest absolute Gasteiger partial charge is 0.253 e. The number of hydrogen-bond donors (Lipinski definition) is 2. The lowest BCUT2D eigenvalue weighted by Crippen LogP contribution is -2.22. The number of nitrogens with zero attached hydrogens (tertiary/aromatic N) is 2. The van der Waals surface area contributed by atoms with Gasteiger partial charge in [-0.2, -0.15) is 4.98 Å². The Labute approximate surface area is 140 Å². The van der Waals surface area contributed by atoms with Crippen LogP contribution >= 0.6 is 0 Å². The molecule has 4 rings (SSSR count). The fourth-order valence-electron chi connectivity index (χ4n) is 3.19. The number of carbonyl (C=O) groups is 1. The summed E-state index contributed by atoms with van der Waals surface area (Å²) in [5.74, 6) is 1.31. The molecule has 0 aromatic carbocycles. The van der Waals surface area contributed by atoms with Gasteiger partial charge in [-0.3, -0.25) is 4.79 Å². The lowest BCUT2D eigenvalue weighted by molar-refractivity contribution is 0.1000. The van der Waals surface area contributed by atoms with Crippen molar-refractivity contribution in [3.05, 3.63) is 17.1 Å². The average Bonchev–Trinajstić information content (AvgIpc) is 3.40. The summed E-state index contributed by atoms with van der Waals surface area (Å²) in [5, 5.41) is 4.05. The molecule has 3 N–H and O–H groups in total. The van der Waals surface area contributed by atoms with Crippen LogP contribution in [-0.4, -0.2) is 35.1 Å². The molecule has 0 radical (unpaired) electrons. The number of anilines is 1. The molecule has 2 aromatic rings. The monoisotopic (exact) mass is 330 g/mol. The van der Waals surface area contributed by atoms with Gasteiger partial charge in [-0.1, -0.05) is 0 Å². The standard InChI is InChI=1S/C17H22N4O3/c1-9-10(12(18)22)11-13(21-16(2)4-5-16)19-15(20-14(11)24-9)17(6-7-17)8-23-3/h4-8H2,1-3H3,(H2,18,22)(H,19,20,21). The van der Waals surface area contributed by atoms with E-state index in [1.807, 2.05) is 0 Å². The molecule has 24 heavy (non-hydrogen) atoms. The van der Waals surface area contributed by atoms with E-state index in [-0.39, 0.29) is 11.0 Å². The lowest BCUT2D eigenvalue weighted by atomic mass is 10.1. The Balaban J connectivity index is 1.91. The van der Waals surface area contributed by atoms with Crippen molar-refractivity contribution in [2.45, 2.75) is 50.5 Å². The van der Waals surface area contributed by atoms with E-state index >= 15 is 0 Å². The van der Waals surface area contributed by atoms with Crippen LogP contribution in [0.2, 0.25) is 0 Å². The molecule has 0 unspecified atom stereocenters. The number of fused-ring (bicyclic) bond motifs is 1. The number of aryl methyl sites for hydroxylation is 1. The molecule has 2 aromatic heterocycles. The summed E-state index contributed by atoms with van der Waals surface area (Å²) in [6.07, 6.45) is 4.12. The van der Waals surface area contributed by atoms with Crippen molar-refractivity contribution in [3.8, 4) is 0 Å². The Kier molecular flexibility index (Phi) is 3.16. The Hall–Kier alpha value is -2.15. The maximum atomic E-state index is 11.9. The van der Waals surface area contributed by atoms with E-state index in [0.29, 0.717) is 40.7 Å². The molecule has 2 aliphatic carbocycles. The fourth-order valence-corrected chi connectivity index (χ4v) is 3.19. The number of nitrogens with two attached hydrogens (primary N) is 1. The summed E-state index contributed by atoms with van der Waals surface area (Å²) in [6.45, 7) is 4.45. The number of amides is 1. The zero-order valence-electron chi connectivity index (χ0n) is 14.2. The molecule has 0 bridgehead atoms. The molecule has 1 amide bonds. The van der Waals surface area contributed by atoms with E-state index < -0.39 is 5.91 Å². The maximum absolute atomic E-state index is 11.9. The van der Waals surface area contributed by atoms with Crippen LogP contribution in [0.3, 0.4) is 0 Å². The van der Waals surface area contributed by atoms with Crippen LogP contribution in [0.5, 0.6) is 0 Å². The summed E-state index contributed by atoms with van der Waals surface area (Å²) >= 11 is 0. The van der Waals surface area contributed by atoms with Gasteiger partial charge < -0.3 is 20.2 Å². The highest BCUT2D eigenvalue weighted by molar-refractivity contribution is 6.09. The van der Waals surface area contributed by atoms with Crippen molar-refractivity contribution in [1.82, 2.24) is 9.97 Å². The first-order valence-electron chi connectivity index (χ1n) is 8.26. The third-order valence-electron chi connectivity index (χ3n) is 5.14. The molecular formula is C17H22N4O3. The number of carbonyl (C=O) groups excluding carboxylic acids is 1. The fraction of sp³-hybridized carbons (Fsp3) is 0.588. The molecule has 2 aliphatic rings. The molecule has 7 heteroatoms. The van der Waals surface area contributed by atoms with Crippen LogP contribution in [0.15, 0.2) is 4.42 Å². The molecule has 2 heterocycles.